The van der Waals surface area contributed by atoms with E-state index in [9.17, 15) is 4.79 Å². The fraction of sp³-hybridized carbons (Fsp3) is 0.133. The summed E-state index contributed by atoms with van der Waals surface area (Å²) < 4.78 is 5.46. The maximum Gasteiger partial charge on any atom is 0.335 e. The Morgan fingerprint density at radius 2 is 1.78 bits per heavy atom. The third kappa shape index (κ3) is 1.84. The lowest BCUT2D eigenvalue weighted by molar-refractivity contribution is 0.0697. The minimum atomic E-state index is -0.899. The minimum Gasteiger partial charge on any atom is -0.493 e. The first-order valence-electron chi connectivity index (χ1n) is 5.83. The summed E-state index contributed by atoms with van der Waals surface area (Å²) in [4.78, 5) is 10.8. The van der Waals surface area contributed by atoms with E-state index in [2.05, 4.69) is 6.07 Å². The Bertz CT molecular complexity index is 600. The van der Waals surface area contributed by atoms with E-state index in [1.54, 1.807) is 12.1 Å². The second-order valence-corrected chi connectivity index (χ2v) is 4.30. The van der Waals surface area contributed by atoms with Gasteiger partial charge in [-0.2, -0.15) is 0 Å². The molecule has 3 heteroatoms. The number of hydrogen-bond acceptors (Lipinski definition) is 2. The van der Waals surface area contributed by atoms with Crippen LogP contribution >= 0.6 is 0 Å². The van der Waals surface area contributed by atoms with Gasteiger partial charge >= 0.3 is 5.97 Å². The summed E-state index contributed by atoms with van der Waals surface area (Å²) >= 11 is 0. The number of aromatic carboxylic acids is 1. The van der Waals surface area contributed by atoms with Gasteiger partial charge in [-0.05, 0) is 41.0 Å². The zero-order valence-corrected chi connectivity index (χ0v) is 9.72. The topological polar surface area (TPSA) is 46.5 Å². The number of carboxylic acid groups (broad SMARTS) is 1. The molecule has 0 radical (unpaired) electrons. The number of hydrogen-bond donors (Lipinski definition) is 1. The predicted octanol–water partition coefficient (Wildman–Crippen LogP) is 2.99. The van der Waals surface area contributed by atoms with Crippen LogP contribution in [0, 0.1) is 0 Å². The van der Waals surface area contributed by atoms with Crippen molar-refractivity contribution in [2.45, 2.75) is 6.42 Å². The van der Waals surface area contributed by atoms with Crippen LogP contribution in [-0.2, 0) is 6.42 Å². The lowest BCUT2D eigenvalue weighted by Crippen LogP contribution is -1.94. The first-order valence-corrected chi connectivity index (χ1v) is 5.83. The molecule has 0 unspecified atom stereocenters. The number of fused-ring (bicyclic) bond motifs is 1. The molecular weight excluding hydrogens is 228 g/mol. The van der Waals surface area contributed by atoms with Crippen molar-refractivity contribution in [3.05, 3.63) is 53.6 Å². The van der Waals surface area contributed by atoms with Crippen molar-refractivity contribution in [1.29, 1.82) is 0 Å². The molecule has 0 saturated carbocycles. The van der Waals surface area contributed by atoms with Gasteiger partial charge in [0, 0.05) is 6.42 Å². The van der Waals surface area contributed by atoms with Gasteiger partial charge in [-0.25, -0.2) is 4.79 Å². The summed E-state index contributed by atoms with van der Waals surface area (Å²) in [6.07, 6.45) is 0.941. The standard InChI is InChI=1S/C15H12O3/c16-15(17)11-3-1-10(2-4-11)12-5-6-14-13(9-12)7-8-18-14/h1-6,9H,7-8H2,(H,16,17). The molecule has 0 fully saturated rings. The molecule has 0 amide bonds. The Morgan fingerprint density at radius 1 is 1.06 bits per heavy atom. The number of carboxylic acids is 1. The highest BCUT2D eigenvalue weighted by Gasteiger charge is 2.12. The fourth-order valence-corrected chi connectivity index (χ4v) is 2.17. The zero-order chi connectivity index (χ0) is 12.5. The predicted molar refractivity (Wildman–Crippen MR) is 68.0 cm³/mol. The van der Waals surface area contributed by atoms with Crippen LogP contribution in [0.5, 0.6) is 5.75 Å². The second kappa shape index (κ2) is 4.18. The molecule has 2 aromatic carbocycles. The Balaban J connectivity index is 1.97. The molecule has 90 valence electrons. The van der Waals surface area contributed by atoms with Gasteiger partial charge in [0.1, 0.15) is 5.75 Å². The average molecular weight is 240 g/mol. The summed E-state index contributed by atoms with van der Waals surface area (Å²) in [5, 5.41) is 8.86. The van der Waals surface area contributed by atoms with Crippen LogP contribution in [0.1, 0.15) is 15.9 Å². The summed E-state index contributed by atoms with van der Waals surface area (Å²) in [5.41, 5.74) is 3.64. The van der Waals surface area contributed by atoms with Crippen LogP contribution < -0.4 is 4.74 Å². The third-order valence-corrected chi connectivity index (χ3v) is 3.15. The molecule has 1 aliphatic heterocycles. The Kier molecular flexibility index (Phi) is 2.52. The molecule has 1 heterocycles. The summed E-state index contributed by atoms with van der Waals surface area (Å²) in [6, 6.07) is 13.0. The molecule has 0 atom stereocenters. The molecule has 18 heavy (non-hydrogen) atoms. The highest BCUT2D eigenvalue weighted by molar-refractivity contribution is 5.88. The van der Waals surface area contributed by atoms with E-state index in [0.717, 1.165) is 29.9 Å². The molecular formula is C15H12O3. The van der Waals surface area contributed by atoms with Crippen molar-refractivity contribution in [3.63, 3.8) is 0 Å². The van der Waals surface area contributed by atoms with Crippen molar-refractivity contribution in [1.82, 2.24) is 0 Å². The first-order chi connectivity index (χ1) is 8.74. The van der Waals surface area contributed by atoms with E-state index in [1.807, 2.05) is 24.3 Å². The van der Waals surface area contributed by atoms with Crippen LogP contribution in [0.3, 0.4) is 0 Å². The fourth-order valence-electron chi connectivity index (χ4n) is 2.17. The molecule has 0 aromatic heterocycles. The number of carbonyl (C=O) groups is 1. The van der Waals surface area contributed by atoms with Gasteiger partial charge < -0.3 is 9.84 Å². The summed E-state index contributed by atoms with van der Waals surface area (Å²) in [6.45, 7) is 0.747. The molecule has 0 saturated heterocycles. The van der Waals surface area contributed by atoms with E-state index in [0.29, 0.717) is 5.56 Å². The highest BCUT2D eigenvalue weighted by atomic mass is 16.5. The lowest BCUT2D eigenvalue weighted by atomic mass is 10.0. The molecule has 3 rings (SSSR count). The van der Waals surface area contributed by atoms with Gasteiger partial charge in [-0.15, -0.1) is 0 Å². The molecule has 1 N–H and O–H groups in total. The molecule has 0 spiro atoms. The van der Waals surface area contributed by atoms with Crippen molar-refractivity contribution in [2.75, 3.05) is 6.61 Å². The number of benzene rings is 2. The molecule has 2 aromatic rings. The van der Waals surface area contributed by atoms with Gasteiger partial charge in [0.15, 0.2) is 0 Å². The quantitative estimate of drug-likeness (QED) is 0.877. The summed E-state index contributed by atoms with van der Waals surface area (Å²) in [5.74, 6) is 0.0600. The average Bonchev–Trinajstić information content (AvgIpc) is 2.86. The van der Waals surface area contributed by atoms with E-state index >= 15 is 0 Å². The largest absolute Gasteiger partial charge is 0.493 e. The van der Waals surface area contributed by atoms with E-state index in [4.69, 9.17) is 9.84 Å². The lowest BCUT2D eigenvalue weighted by Gasteiger charge is -2.05. The Hall–Kier alpha value is -2.29. The molecule has 0 bridgehead atoms. The van der Waals surface area contributed by atoms with Crippen molar-refractivity contribution < 1.29 is 14.6 Å². The summed E-state index contributed by atoms with van der Waals surface area (Å²) in [7, 11) is 0. The maximum atomic E-state index is 10.8. The monoisotopic (exact) mass is 240 g/mol. The Labute approximate surface area is 105 Å². The Morgan fingerprint density at radius 3 is 2.50 bits per heavy atom. The number of rotatable bonds is 2. The van der Waals surface area contributed by atoms with Crippen molar-refractivity contribution in [3.8, 4) is 16.9 Å². The smallest absolute Gasteiger partial charge is 0.335 e. The van der Waals surface area contributed by atoms with Gasteiger partial charge in [0.25, 0.3) is 0 Å². The van der Waals surface area contributed by atoms with E-state index < -0.39 is 5.97 Å². The van der Waals surface area contributed by atoms with E-state index in [1.165, 1.54) is 5.56 Å². The van der Waals surface area contributed by atoms with Gasteiger partial charge in [-0.1, -0.05) is 18.2 Å². The van der Waals surface area contributed by atoms with Crippen molar-refractivity contribution in [2.24, 2.45) is 0 Å². The van der Waals surface area contributed by atoms with E-state index in [-0.39, 0.29) is 0 Å². The number of ether oxygens (including phenoxy) is 1. The third-order valence-electron chi connectivity index (χ3n) is 3.15. The van der Waals surface area contributed by atoms with Crippen LogP contribution in [0.15, 0.2) is 42.5 Å². The zero-order valence-electron chi connectivity index (χ0n) is 9.72. The van der Waals surface area contributed by atoms with Crippen LogP contribution in [0.4, 0.5) is 0 Å². The molecule has 1 aliphatic rings. The van der Waals surface area contributed by atoms with Gasteiger partial charge in [-0.3, -0.25) is 0 Å². The van der Waals surface area contributed by atoms with Crippen molar-refractivity contribution >= 4 is 5.97 Å². The van der Waals surface area contributed by atoms with Gasteiger partial charge in [0.2, 0.25) is 0 Å². The molecule has 0 aliphatic carbocycles. The minimum absolute atomic E-state index is 0.309. The first kappa shape index (κ1) is 10.8. The molecule has 3 nitrogen and oxygen atoms in total. The van der Waals surface area contributed by atoms with Crippen LogP contribution in [-0.4, -0.2) is 17.7 Å². The van der Waals surface area contributed by atoms with Crippen LogP contribution in [0.2, 0.25) is 0 Å². The maximum absolute atomic E-state index is 10.8. The second-order valence-electron chi connectivity index (χ2n) is 4.30. The normalized spacial score (nSPS) is 12.9. The highest BCUT2D eigenvalue weighted by Crippen LogP contribution is 2.30. The van der Waals surface area contributed by atoms with Crippen LogP contribution in [0.25, 0.3) is 11.1 Å². The SMILES string of the molecule is O=C(O)c1ccc(-c2ccc3c(c2)CCO3)cc1. The van der Waals surface area contributed by atoms with Gasteiger partial charge in [0.05, 0.1) is 12.2 Å².